The average Bonchev–Trinajstić information content (AvgIpc) is 3.82. The highest BCUT2D eigenvalue weighted by atomic mass is 32.2. The molecule has 8 heteroatoms. The van der Waals surface area contributed by atoms with Gasteiger partial charge in [0.2, 0.25) is 16.8 Å². The van der Waals surface area contributed by atoms with Crippen molar-refractivity contribution < 1.29 is 0 Å². The Hall–Kier alpha value is -2.14. The van der Waals surface area contributed by atoms with E-state index in [1.165, 1.54) is 55.9 Å². The summed E-state index contributed by atoms with van der Waals surface area (Å²) >= 11 is 15.7. The zero-order valence-electron chi connectivity index (χ0n) is 23.1. The van der Waals surface area contributed by atoms with Crippen molar-refractivity contribution in [3.05, 3.63) is 160 Å². The molecule has 4 aromatic carbocycles. The van der Waals surface area contributed by atoms with Gasteiger partial charge >= 0.3 is 0 Å². The fourth-order valence-corrected chi connectivity index (χ4v) is 18.5. The molecule has 0 aliphatic carbocycles. The second kappa shape index (κ2) is 13.3. The third-order valence-electron chi connectivity index (χ3n) is 7.21. The summed E-state index contributed by atoms with van der Waals surface area (Å²) in [5, 5.41) is 0. The number of benzene rings is 4. The van der Waals surface area contributed by atoms with Crippen LogP contribution in [0.15, 0.2) is 147 Å². The molecule has 8 rings (SSSR count). The molecule has 2 aliphatic heterocycles. The summed E-state index contributed by atoms with van der Waals surface area (Å²) in [6.45, 7) is 0. The molecule has 0 saturated heterocycles. The van der Waals surface area contributed by atoms with Crippen LogP contribution in [0.2, 0.25) is 0 Å². The minimum absolute atomic E-state index is 0.256. The van der Waals surface area contributed by atoms with Crippen LogP contribution in [0.4, 0.5) is 0 Å². The highest BCUT2D eigenvalue weighted by molar-refractivity contribution is 8.27. The highest BCUT2D eigenvalue weighted by Crippen LogP contribution is 2.63. The van der Waals surface area contributed by atoms with E-state index in [0.717, 1.165) is 0 Å². The molecule has 0 spiro atoms. The lowest BCUT2D eigenvalue weighted by Gasteiger charge is -2.19. The zero-order chi connectivity index (χ0) is 29.3. The van der Waals surface area contributed by atoms with Crippen molar-refractivity contribution >= 4 is 105 Å². The molecule has 0 saturated carbocycles. The monoisotopic (exact) mass is 712 g/mol. The van der Waals surface area contributed by atoms with Crippen LogP contribution in [0.25, 0.3) is 12.2 Å². The molecule has 214 valence electrons. The molecule has 4 heterocycles. The molecular weight excluding hydrogens is 689 g/mol. The van der Waals surface area contributed by atoms with Gasteiger partial charge in [-0.05, 0) is 81.5 Å². The smallest absolute Gasteiger partial charge is 0.0622 e. The van der Waals surface area contributed by atoms with Crippen LogP contribution in [0.5, 0.6) is 0 Å². The molecular formula is C36H24S8+2. The van der Waals surface area contributed by atoms with Gasteiger partial charge in [-0.2, -0.15) is 0 Å². The standard InChI is InChI=1S/C36H24S8/c1-5-13-23(14-6-1)21-27-37-33-34(38-27)42-31(41-33)29(25-17-9-3-10-18-25)30(26-19-11-4-12-20-26)32-43-35-36(44-32)40-28(39-35)22-24-15-7-2-8-16-24/h1-22,29-30H/q+2. The van der Waals surface area contributed by atoms with E-state index in [1.54, 1.807) is 0 Å². The second-order valence-electron chi connectivity index (χ2n) is 10.1. The van der Waals surface area contributed by atoms with Crippen LogP contribution in [0.1, 0.15) is 42.5 Å². The van der Waals surface area contributed by atoms with Crippen molar-refractivity contribution in [3.8, 4) is 0 Å². The molecule has 0 radical (unpaired) electrons. The Morgan fingerprint density at radius 1 is 0.432 bits per heavy atom. The first-order valence-electron chi connectivity index (χ1n) is 14.1. The van der Waals surface area contributed by atoms with E-state index < -0.39 is 0 Å². The predicted octanol–water partition coefficient (Wildman–Crippen LogP) is 13.9. The molecule has 6 aromatic rings. The van der Waals surface area contributed by atoms with E-state index in [4.69, 9.17) is 0 Å². The van der Waals surface area contributed by atoms with Crippen LogP contribution in [0, 0.1) is 0 Å². The Morgan fingerprint density at radius 3 is 1.16 bits per heavy atom. The Labute approximate surface area is 291 Å². The van der Waals surface area contributed by atoms with Crippen molar-refractivity contribution in [1.82, 2.24) is 0 Å². The zero-order valence-corrected chi connectivity index (χ0v) is 29.7. The van der Waals surface area contributed by atoms with E-state index in [2.05, 4.69) is 133 Å². The summed E-state index contributed by atoms with van der Waals surface area (Å²) in [5.74, 6) is 0.512. The van der Waals surface area contributed by atoms with Crippen molar-refractivity contribution in [1.29, 1.82) is 0 Å². The lowest BCUT2D eigenvalue weighted by molar-refractivity contribution is 0.734. The van der Waals surface area contributed by atoms with Crippen molar-refractivity contribution in [3.63, 3.8) is 0 Å². The van der Waals surface area contributed by atoms with Gasteiger partial charge in [0.05, 0.1) is 65.7 Å². The Kier molecular flexibility index (Phi) is 8.85. The largest absolute Gasteiger partial charge is 0.265 e. The van der Waals surface area contributed by atoms with E-state index in [-0.39, 0.29) is 11.8 Å². The van der Waals surface area contributed by atoms with Crippen LogP contribution in [-0.4, -0.2) is 0 Å². The van der Waals surface area contributed by atoms with E-state index in [1.807, 2.05) is 92.4 Å². The maximum Gasteiger partial charge on any atom is 0.265 e. The van der Waals surface area contributed by atoms with Crippen LogP contribution >= 0.6 is 92.4 Å². The summed E-state index contributed by atoms with van der Waals surface area (Å²) in [4.78, 5) is 0. The molecule has 0 N–H and O–H groups in total. The van der Waals surface area contributed by atoms with Gasteiger partial charge in [0.15, 0.2) is 0 Å². The van der Waals surface area contributed by atoms with Crippen LogP contribution < -0.4 is 0 Å². The first-order chi connectivity index (χ1) is 21.8. The molecule has 2 atom stereocenters. The summed E-state index contributed by atoms with van der Waals surface area (Å²) < 4.78 is 11.4. The molecule has 44 heavy (non-hydrogen) atoms. The molecule has 0 amide bonds. The third kappa shape index (κ3) is 6.29. The maximum atomic E-state index is 2.33. The Balaban J connectivity index is 1.16. The van der Waals surface area contributed by atoms with Crippen LogP contribution in [0.3, 0.4) is 0 Å². The number of hydrogen-bond donors (Lipinski definition) is 0. The normalized spacial score (nSPS) is 15.1. The van der Waals surface area contributed by atoms with Gasteiger partial charge in [-0.3, -0.25) is 0 Å². The average molecular weight is 713 g/mol. The molecule has 2 aromatic heterocycles. The van der Waals surface area contributed by atoms with Gasteiger partial charge in [0, 0.05) is 0 Å². The maximum absolute atomic E-state index is 2.33. The first-order valence-corrected chi connectivity index (χ1v) is 20.6. The van der Waals surface area contributed by atoms with Gasteiger partial charge in [0.1, 0.15) is 0 Å². The quantitative estimate of drug-likeness (QED) is 0.151. The molecule has 2 aliphatic rings. The van der Waals surface area contributed by atoms with Gasteiger partial charge in [-0.25, -0.2) is 0 Å². The van der Waals surface area contributed by atoms with E-state index in [0.29, 0.717) is 0 Å². The van der Waals surface area contributed by atoms with Crippen molar-refractivity contribution in [2.24, 2.45) is 0 Å². The number of thioether (sulfide) groups is 4. The van der Waals surface area contributed by atoms with E-state index in [9.17, 15) is 0 Å². The van der Waals surface area contributed by atoms with Crippen LogP contribution in [-0.2, 0) is 0 Å². The fraction of sp³-hybridized carbons (Fsp3) is 0.0556. The molecule has 0 nitrogen and oxygen atoms in total. The number of hydrogen-bond acceptors (Lipinski definition) is 6. The van der Waals surface area contributed by atoms with Gasteiger partial charge in [-0.15, -0.1) is 0 Å². The molecule has 0 fully saturated rings. The predicted molar refractivity (Wildman–Crippen MR) is 202 cm³/mol. The summed E-state index contributed by atoms with van der Waals surface area (Å²) in [5.41, 5.74) is 5.30. The number of fused-ring (bicyclic) bond motifs is 2. The van der Waals surface area contributed by atoms with E-state index >= 15 is 0 Å². The highest BCUT2D eigenvalue weighted by Gasteiger charge is 2.45. The van der Waals surface area contributed by atoms with Crippen molar-refractivity contribution in [2.45, 2.75) is 28.7 Å². The minimum atomic E-state index is 0.256. The minimum Gasteiger partial charge on any atom is -0.0622 e. The topological polar surface area (TPSA) is 0 Å². The SMILES string of the molecule is C(=C1Sc2sc(C(c3ccccc3)C(c3ccccc3)c3sc4c([s+]3)SC(=Cc3ccccc3)S4)[s+]c2S1)c1ccccc1. The van der Waals surface area contributed by atoms with Gasteiger partial charge < -0.3 is 0 Å². The lowest BCUT2D eigenvalue weighted by atomic mass is 9.83. The summed E-state index contributed by atoms with van der Waals surface area (Å²) in [7, 11) is 0. The first kappa shape index (κ1) is 29.3. The third-order valence-corrected chi connectivity index (χ3v) is 18.5. The Morgan fingerprint density at radius 2 is 0.795 bits per heavy atom. The Bertz CT molecular complexity index is 1760. The van der Waals surface area contributed by atoms with Crippen molar-refractivity contribution in [2.75, 3.05) is 0 Å². The molecule has 2 unspecified atom stereocenters. The fourth-order valence-electron chi connectivity index (χ4n) is 5.22. The lowest BCUT2D eigenvalue weighted by Crippen LogP contribution is -2.11. The summed E-state index contributed by atoms with van der Waals surface area (Å²) in [6.07, 6.45) is 4.64. The van der Waals surface area contributed by atoms with Gasteiger partial charge in [0.25, 0.3) is 8.38 Å². The molecule has 0 bridgehead atoms. The second-order valence-corrected chi connectivity index (χ2v) is 20.6. The summed E-state index contributed by atoms with van der Waals surface area (Å²) in [6, 6.07) is 43.7. The van der Waals surface area contributed by atoms with Gasteiger partial charge in [-0.1, -0.05) is 121 Å². The number of rotatable bonds is 7.